The normalized spacial score (nSPS) is 27.5. The number of benzene rings is 2. The van der Waals surface area contributed by atoms with Crippen LogP contribution in [0.5, 0.6) is 0 Å². The molecule has 6 bridgehead atoms. The Hall–Kier alpha value is -7.69. The number of aryl methyl sites for hydroxylation is 2. The Labute approximate surface area is 573 Å². The summed E-state index contributed by atoms with van der Waals surface area (Å²) >= 11 is 0. The molecular weight excluding hydrogens is 1340 g/mol. The van der Waals surface area contributed by atoms with Crippen molar-refractivity contribution in [2.24, 2.45) is 5.73 Å². The molecule has 32 heteroatoms. The van der Waals surface area contributed by atoms with Crippen LogP contribution in [0.3, 0.4) is 0 Å². The van der Waals surface area contributed by atoms with E-state index in [4.69, 9.17) is 5.73 Å². The van der Waals surface area contributed by atoms with E-state index in [1.165, 1.54) is 14.1 Å². The molecule has 11 fully saturated rings. The van der Waals surface area contributed by atoms with Crippen molar-refractivity contribution in [2.75, 3.05) is 26.2 Å². The SMILES string of the molecule is Cc1ccc(S(=O)(=O)n2ccc3c2ncc2nnc(C45CCC(N)(CC4)CC5)n23)cc1.Cc1ccc(S(=O)(=O)n2ccc3c2ncc2nnc(C45CCC(NS(=O)(=O)N6CCCC6)(CC4)CC5)n23)cc1.O=S(=O)(NC12CCC(c3nnc4cnc5[nH]ccc5n34)(CC1)CC2)N1CCCC1. The van der Waals surface area contributed by atoms with E-state index in [1.54, 1.807) is 94.1 Å². The number of nitrogens with one attached hydrogen (secondary N) is 3. The first-order valence-electron chi connectivity index (χ1n) is 34.6. The molecule has 0 spiro atoms. The van der Waals surface area contributed by atoms with Gasteiger partial charge in [-0.3, -0.25) is 13.2 Å². The molecule has 9 aromatic heterocycles. The van der Waals surface area contributed by atoms with Crippen LogP contribution in [0.1, 0.15) is 170 Å². The van der Waals surface area contributed by atoms with E-state index >= 15 is 0 Å². The number of H-pyrrole nitrogens is 1. The van der Waals surface area contributed by atoms with Gasteiger partial charge in [-0.05, 0) is 198 Å². The minimum Gasteiger partial charge on any atom is -0.345 e. The molecule has 0 radical (unpaired) electrons. The van der Waals surface area contributed by atoms with Crippen LogP contribution in [0.2, 0.25) is 0 Å². The lowest BCUT2D eigenvalue weighted by atomic mass is 9.57. The summed E-state index contributed by atoms with van der Waals surface area (Å²) in [7, 11) is -14.5. The molecule has 5 N–H and O–H groups in total. The topological polar surface area (TPSA) is 348 Å². The van der Waals surface area contributed by atoms with Crippen LogP contribution in [0.25, 0.3) is 50.4 Å². The van der Waals surface area contributed by atoms with Crippen LogP contribution in [-0.2, 0) is 56.7 Å². The lowest BCUT2D eigenvalue weighted by molar-refractivity contribution is 0.0869. The van der Waals surface area contributed by atoms with Crippen molar-refractivity contribution in [2.45, 2.75) is 198 Å². The van der Waals surface area contributed by atoms with Crippen molar-refractivity contribution in [1.82, 2.24) is 89.7 Å². The smallest absolute Gasteiger partial charge is 0.279 e. The van der Waals surface area contributed by atoms with Crippen LogP contribution in [-0.4, -0.2) is 157 Å². The standard InChI is InChI=1S/C26H31N7O4S2.C22H24N6O2S.C19H25N7O2S/c1-19-4-6-20(7-5-19)38(34,35)32-17-8-21-23(32)27-18-22-28-29-24(33(21)22)25-9-12-26(13-10-25,14-11-25)30-39(36,37)31-15-2-3-16-31;1-15-2-4-16(5-3-15)31(29,30)27-13-6-17-19(27)24-14-18-25-26-20(28(17)18)21-7-10-22(23,11-8-21)12-9-21;27-29(28,25-11-1-2-12-25)24-19-7-4-18(5-8-19,6-9-19)17-23-22-15-13-21-16-14(26(15)17)3-10-20-16/h4-8,17-18,30H,2-3,9-16H2,1H3;2-6,13-14H,7-12,23H2,1H3;3,10,13,20,24H,1-2,4-9,11-12H2. The van der Waals surface area contributed by atoms with Crippen molar-refractivity contribution in [3.63, 3.8) is 0 Å². The number of fused-ring (bicyclic) bond motifs is 18. The Balaban J connectivity index is 0.000000113. The molecule has 2 aromatic carbocycles. The molecule has 0 unspecified atom stereocenters. The van der Waals surface area contributed by atoms with Gasteiger partial charge in [0.05, 0.1) is 44.9 Å². The summed E-state index contributed by atoms with van der Waals surface area (Å²) in [5.74, 6) is 2.70. The first-order chi connectivity index (χ1) is 47.4. The van der Waals surface area contributed by atoms with Crippen molar-refractivity contribution >= 4 is 90.9 Å². The molecule has 9 saturated carbocycles. The molecule has 0 atom stereocenters. The van der Waals surface area contributed by atoms with Crippen molar-refractivity contribution in [3.05, 3.63) is 133 Å². The second-order valence-corrected chi connectivity index (χ2v) is 36.6. The van der Waals surface area contributed by atoms with E-state index in [9.17, 15) is 33.7 Å². The van der Waals surface area contributed by atoms with E-state index in [1.807, 2.05) is 34.9 Å². The molecule has 11 heterocycles. The summed E-state index contributed by atoms with van der Waals surface area (Å²) < 4.78 is 123. The number of rotatable bonds is 13. The number of nitrogens with two attached hydrogens (primary N) is 1. The number of hydrogen-bond donors (Lipinski definition) is 4. The minimum absolute atomic E-state index is 0.0371. The van der Waals surface area contributed by atoms with Gasteiger partial charge in [-0.15, -0.1) is 30.6 Å². The fourth-order valence-electron chi connectivity index (χ4n) is 17.7. The van der Waals surface area contributed by atoms with E-state index < -0.39 is 46.0 Å². The number of aromatic nitrogens is 15. The van der Waals surface area contributed by atoms with Gasteiger partial charge in [0.2, 0.25) is 0 Å². The highest BCUT2D eigenvalue weighted by Gasteiger charge is 2.56. The van der Waals surface area contributed by atoms with Gasteiger partial charge in [-0.25, -0.2) is 39.7 Å². The van der Waals surface area contributed by atoms with Crippen molar-refractivity contribution < 1.29 is 33.7 Å². The Bertz CT molecular complexity index is 5420. The molecule has 28 nitrogen and oxygen atoms in total. The summed E-state index contributed by atoms with van der Waals surface area (Å²) in [5.41, 5.74) is 13.2. The van der Waals surface area contributed by atoms with Crippen LogP contribution in [0.4, 0.5) is 0 Å². The predicted octanol–water partition coefficient (Wildman–Crippen LogP) is 7.71. The highest BCUT2D eigenvalue weighted by Crippen LogP contribution is 2.56. The quantitative estimate of drug-likeness (QED) is 0.0858. The summed E-state index contributed by atoms with van der Waals surface area (Å²) in [4.78, 5) is 16.9. The highest BCUT2D eigenvalue weighted by atomic mass is 32.2. The molecule has 99 heavy (non-hydrogen) atoms. The molecule has 11 aliphatic rings. The fourth-order valence-corrected chi connectivity index (χ4v) is 23.8. The molecule has 0 amide bonds. The Morgan fingerprint density at radius 2 is 0.758 bits per heavy atom. The lowest BCUT2D eigenvalue weighted by Gasteiger charge is -2.52. The molecule has 22 rings (SSSR count). The Morgan fingerprint density at radius 3 is 1.13 bits per heavy atom. The average Bonchev–Trinajstić information content (AvgIpc) is 1.71. The first kappa shape index (κ1) is 64.7. The van der Waals surface area contributed by atoms with E-state index in [0.717, 1.165) is 187 Å². The van der Waals surface area contributed by atoms with Crippen molar-refractivity contribution in [3.8, 4) is 0 Å². The first-order valence-corrected chi connectivity index (χ1v) is 40.3. The summed E-state index contributed by atoms with van der Waals surface area (Å²) in [5, 5.41) is 26.9. The number of hydrogen-bond acceptors (Lipinski definition) is 18. The predicted molar refractivity (Wildman–Crippen MR) is 369 cm³/mol. The van der Waals surface area contributed by atoms with Crippen LogP contribution in [0, 0.1) is 13.8 Å². The van der Waals surface area contributed by atoms with Gasteiger partial charge < -0.3 is 10.7 Å². The summed E-state index contributed by atoms with van der Waals surface area (Å²) in [6.07, 6.45) is 29.4. The zero-order valence-electron chi connectivity index (χ0n) is 55.3. The van der Waals surface area contributed by atoms with Gasteiger partial charge in [-0.1, -0.05) is 35.4 Å². The number of aromatic amines is 1. The Morgan fingerprint density at radius 1 is 0.414 bits per heavy atom. The molecule has 2 aliphatic heterocycles. The largest absolute Gasteiger partial charge is 0.345 e. The molecular formula is C67H80N20O8S4. The number of nitrogens with zero attached hydrogens (tertiary/aromatic N) is 16. The second kappa shape index (κ2) is 23.2. The third-order valence-corrected chi connectivity index (χ3v) is 30.7. The Kier molecular flexibility index (Phi) is 15.1. The monoisotopic (exact) mass is 1420 g/mol. The van der Waals surface area contributed by atoms with Gasteiger partial charge in [-0.2, -0.15) is 34.9 Å². The molecule has 9 aliphatic carbocycles. The van der Waals surface area contributed by atoms with Crippen LogP contribution in [0.15, 0.2) is 114 Å². The van der Waals surface area contributed by atoms with Gasteiger partial charge in [0, 0.05) is 77.6 Å². The lowest BCUT2D eigenvalue weighted by Crippen LogP contribution is -2.60. The minimum atomic E-state index is -3.84. The summed E-state index contributed by atoms with van der Waals surface area (Å²) in [6.45, 7) is 6.30. The van der Waals surface area contributed by atoms with Gasteiger partial charge >= 0.3 is 0 Å². The third kappa shape index (κ3) is 10.6. The van der Waals surface area contributed by atoms with Gasteiger partial charge in [0.25, 0.3) is 40.5 Å². The van der Waals surface area contributed by atoms with Gasteiger partial charge in [0.15, 0.2) is 33.9 Å². The summed E-state index contributed by atoms with van der Waals surface area (Å²) in [6, 6.07) is 19.2. The molecule has 11 aromatic rings. The van der Waals surface area contributed by atoms with Crippen molar-refractivity contribution in [1.29, 1.82) is 0 Å². The third-order valence-electron chi connectivity index (χ3n) is 23.9. The van der Waals surface area contributed by atoms with E-state index in [0.29, 0.717) is 59.8 Å². The maximum atomic E-state index is 13.5. The fraction of sp³-hybridized carbons (Fsp3) is 0.507. The maximum absolute atomic E-state index is 13.5. The second-order valence-electron chi connectivity index (χ2n) is 29.6. The molecule has 520 valence electrons. The highest BCUT2D eigenvalue weighted by molar-refractivity contribution is 7.90. The van der Waals surface area contributed by atoms with E-state index in [-0.39, 0.29) is 37.1 Å². The maximum Gasteiger partial charge on any atom is 0.279 e. The van der Waals surface area contributed by atoms with Crippen LogP contribution >= 0.6 is 0 Å². The zero-order valence-corrected chi connectivity index (χ0v) is 58.6. The molecule has 2 saturated heterocycles. The van der Waals surface area contributed by atoms with Crippen LogP contribution < -0.4 is 15.2 Å². The average molecular weight is 1420 g/mol. The zero-order chi connectivity index (χ0) is 68.2. The van der Waals surface area contributed by atoms with Gasteiger partial charge in [0.1, 0.15) is 17.5 Å². The van der Waals surface area contributed by atoms with E-state index in [2.05, 4.69) is 64.4 Å².